The van der Waals surface area contributed by atoms with E-state index in [4.69, 9.17) is 9.47 Å². The van der Waals surface area contributed by atoms with Crippen LogP contribution >= 0.6 is 0 Å². The van der Waals surface area contributed by atoms with E-state index in [0.29, 0.717) is 19.2 Å². The zero-order valence-corrected chi connectivity index (χ0v) is 17.0. The van der Waals surface area contributed by atoms with Gasteiger partial charge in [0.15, 0.2) is 6.61 Å². The minimum absolute atomic E-state index is 0.0413. The van der Waals surface area contributed by atoms with Gasteiger partial charge in [-0.25, -0.2) is 0 Å². The van der Waals surface area contributed by atoms with Crippen LogP contribution in [0.25, 0.3) is 0 Å². The summed E-state index contributed by atoms with van der Waals surface area (Å²) in [5.41, 5.74) is 1.19. The molecule has 1 aromatic rings. The molecule has 1 heterocycles. The third-order valence-corrected chi connectivity index (χ3v) is 6.11. The summed E-state index contributed by atoms with van der Waals surface area (Å²) in [6, 6.07) is 7.82. The van der Waals surface area contributed by atoms with Gasteiger partial charge in [0.25, 0.3) is 5.91 Å². The molecular formula is C23H35NO3. The summed E-state index contributed by atoms with van der Waals surface area (Å²) in [4.78, 5) is 14.5. The molecule has 0 aromatic heterocycles. The molecule has 1 saturated heterocycles. The van der Waals surface area contributed by atoms with Gasteiger partial charge < -0.3 is 14.4 Å². The van der Waals surface area contributed by atoms with E-state index in [9.17, 15) is 4.79 Å². The average molecular weight is 374 g/mol. The van der Waals surface area contributed by atoms with Crippen LogP contribution < -0.4 is 4.74 Å². The second-order valence-electron chi connectivity index (χ2n) is 8.16. The van der Waals surface area contributed by atoms with E-state index in [-0.39, 0.29) is 18.6 Å². The first kappa shape index (κ1) is 20.2. The number of likely N-dealkylation sites (N-methyl/N-ethyl adjacent to an activating group) is 1. The average Bonchev–Trinajstić information content (AvgIpc) is 2.97. The summed E-state index contributed by atoms with van der Waals surface area (Å²) in [7, 11) is 0. The van der Waals surface area contributed by atoms with Crippen molar-refractivity contribution in [2.45, 2.75) is 77.4 Å². The number of amides is 1. The highest BCUT2D eigenvalue weighted by atomic mass is 16.5. The lowest BCUT2D eigenvalue weighted by Crippen LogP contribution is -2.40. The fraction of sp³-hybridized carbons (Fsp3) is 0.696. The third-order valence-electron chi connectivity index (χ3n) is 6.11. The van der Waals surface area contributed by atoms with Crippen LogP contribution in [0.3, 0.4) is 0 Å². The van der Waals surface area contributed by atoms with Crippen molar-refractivity contribution in [3.05, 3.63) is 29.8 Å². The number of carbonyl (C=O) groups excluding carboxylic acids is 1. The van der Waals surface area contributed by atoms with Crippen molar-refractivity contribution in [3.63, 3.8) is 0 Å². The zero-order valence-electron chi connectivity index (χ0n) is 17.0. The van der Waals surface area contributed by atoms with Crippen LogP contribution in [-0.4, -0.2) is 42.7 Å². The summed E-state index contributed by atoms with van der Waals surface area (Å²) in [6.07, 6.45) is 10.9. The Kier molecular flexibility index (Phi) is 7.57. The molecule has 1 aliphatic heterocycles. The predicted molar refractivity (Wildman–Crippen MR) is 108 cm³/mol. The van der Waals surface area contributed by atoms with Crippen molar-refractivity contribution in [2.75, 3.05) is 19.7 Å². The minimum atomic E-state index is 0.0413. The van der Waals surface area contributed by atoms with Crippen molar-refractivity contribution in [2.24, 2.45) is 5.92 Å². The van der Waals surface area contributed by atoms with Crippen LogP contribution in [-0.2, 0) is 9.53 Å². The second-order valence-corrected chi connectivity index (χ2v) is 8.16. The van der Waals surface area contributed by atoms with E-state index in [2.05, 4.69) is 0 Å². The largest absolute Gasteiger partial charge is 0.484 e. The van der Waals surface area contributed by atoms with Gasteiger partial charge in [0.2, 0.25) is 0 Å². The number of benzene rings is 1. The number of aryl methyl sites for hydroxylation is 1. The topological polar surface area (TPSA) is 38.8 Å². The maximum Gasteiger partial charge on any atom is 0.260 e. The molecule has 0 bridgehead atoms. The van der Waals surface area contributed by atoms with Gasteiger partial charge in [0, 0.05) is 13.1 Å². The SMILES string of the molecule is CCN(CC1CCC(C2CCCCCC2)O1)C(=O)COc1ccc(C)cc1. The Hall–Kier alpha value is -1.55. The molecule has 0 N–H and O–H groups in total. The molecule has 2 atom stereocenters. The molecule has 3 rings (SSSR count). The Morgan fingerprint density at radius 1 is 1.07 bits per heavy atom. The molecule has 1 amide bonds. The molecule has 2 unspecified atom stereocenters. The van der Waals surface area contributed by atoms with Crippen LogP contribution in [0.4, 0.5) is 0 Å². The fourth-order valence-corrected chi connectivity index (χ4v) is 4.42. The summed E-state index contributed by atoms with van der Waals surface area (Å²) in [5.74, 6) is 1.52. The van der Waals surface area contributed by atoms with E-state index in [1.807, 2.05) is 43.0 Å². The summed E-state index contributed by atoms with van der Waals surface area (Å²) in [5, 5.41) is 0. The number of hydrogen-bond donors (Lipinski definition) is 0. The summed E-state index contributed by atoms with van der Waals surface area (Å²) < 4.78 is 12.0. The van der Waals surface area contributed by atoms with Crippen molar-refractivity contribution in [1.29, 1.82) is 0 Å². The number of hydrogen-bond acceptors (Lipinski definition) is 3. The maximum atomic E-state index is 12.6. The zero-order chi connectivity index (χ0) is 19.1. The van der Waals surface area contributed by atoms with Gasteiger partial charge in [0.05, 0.1) is 12.2 Å². The summed E-state index contributed by atoms with van der Waals surface area (Å²) in [6.45, 7) is 5.55. The highest BCUT2D eigenvalue weighted by Crippen LogP contribution is 2.34. The molecule has 1 saturated carbocycles. The lowest BCUT2D eigenvalue weighted by atomic mass is 9.92. The Morgan fingerprint density at radius 2 is 1.78 bits per heavy atom. The quantitative estimate of drug-likeness (QED) is 0.648. The van der Waals surface area contributed by atoms with E-state index in [1.54, 1.807) is 0 Å². The number of carbonyl (C=O) groups is 1. The van der Waals surface area contributed by atoms with Crippen LogP contribution in [0.5, 0.6) is 5.75 Å². The Balaban J connectivity index is 1.45. The normalized spacial score (nSPS) is 23.8. The van der Waals surface area contributed by atoms with Crippen molar-refractivity contribution >= 4 is 5.91 Å². The maximum absolute atomic E-state index is 12.6. The van der Waals surface area contributed by atoms with Gasteiger partial charge in [-0.1, -0.05) is 43.4 Å². The number of nitrogens with zero attached hydrogens (tertiary/aromatic N) is 1. The molecule has 2 aliphatic rings. The lowest BCUT2D eigenvalue weighted by Gasteiger charge is -2.26. The van der Waals surface area contributed by atoms with Crippen molar-refractivity contribution in [3.8, 4) is 5.75 Å². The van der Waals surface area contributed by atoms with Crippen LogP contribution in [0.15, 0.2) is 24.3 Å². The number of rotatable bonds is 7. The summed E-state index contributed by atoms with van der Waals surface area (Å²) >= 11 is 0. The smallest absolute Gasteiger partial charge is 0.260 e. The molecule has 1 aromatic carbocycles. The van der Waals surface area contributed by atoms with Gasteiger partial charge in [-0.05, 0) is 57.6 Å². The van der Waals surface area contributed by atoms with Crippen molar-refractivity contribution in [1.82, 2.24) is 4.90 Å². The van der Waals surface area contributed by atoms with Crippen LogP contribution in [0.2, 0.25) is 0 Å². The van der Waals surface area contributed by atoms with Crippen LogP contribution in [0, 0.1) is 12.8 Å². The molecule has 4 heteroatoms. The number of ether oxygens (including phenoxy) is 2. The predicted octanol–water partition coefficient (Wildman–Crippen LogP) is 4.74. The van der Waals surface area contributed by atoms with Gasteiger partial charge >= 0.3 is 0 Å². The molecule has 1 aliphatic carbocycles. The van der Waals surface area contributed by atoms with E-state index < -0.39 is 0 Å². The third kappa shape index (κ3) is 5.97. The van der Waals surface area contributed by atoms with Crippen molar-refractivity contribution < 1.29 is 14.3 Å². The minimum Gasteiger partial charge on any atom is -0.484 e. The molecule has 27 heavy (non-hydrogen) atoms. The van der Waals surface area contributed by atoms with Gasteiger partial charge in [-0.15, -0.1) is 0 Å². The molecule has 150 valence electrons. The molecule has 4 nitrogen and oxygen atoms in total. The van der Waals surface area contributed by atoms with Gasteiger partial charge in [-0.2, -0.15) is 0 Å². The lowest BCUT2D eigenvalue weighted by molar-refractivity contribution is -0.135. The van der Waals surface area contributed by atoms with Crippen LogP contribution in [0.1, 0.15) is 63.9 Å². The first-order valence-electron chi connectivity index (χ1n) is 10.8. The molecule has 2 fully saturated rings. The fourth-order valence-electron chi connectivity index (χ4n) is 4.42. The van der Waals surface area contributed by atoms with Gasteiger partial charge in [0.1, 0.15) is 5.75 Å². The second kappa shape index (κ2) is 10.1. The Bertz CT molecular complexity index is 578. The van der Waals surface area contributed by atoms with E-state index in [0.717, 1.165) is 24.5 Å². The Morgan fingerprint density at radius 3 is 2.44 bits per heavy atom. The first-order chi connectivity index (χ1) is 13.2. The highest BCUT2D eigenvalue weighted by Gasteiger charge is 2.33. The Labute approximate surface area is 164 Å². The molecular weight excluding hydrogens is 338 g/mol. The molecule has 0 radical (unpaired) electrons. The first-order valence-corrected chi connectivity index (χ1v) is 10.8. The van der Waals surface area contributed by atoms with E-state index >= 15 is 0 Å². The highest BCUT2D eigenvalue weighted by molar-refractivity contribution is 5.77. The standard InChI is InChI=1S/C23H35NO3/c1-3-24(23(25)17-26-20-12-10-18(2)11-13-20)16-21-14-15-22(27-21)19-8-6-4-5-7-9-19/h10-13,19,21-22H,3-9,14-17H2,1-2H3. The van der Waals surface area contributed by atoms with Gasteiger partial charge in [-0.3, -0.25) is 4.79 Å². The molecule has 0 spiro atoms. The monoisotopic (exact) mass is 373 g/mol. The van der Waals surface area contributed by atoms with E-state index in [1.165, 1.54) is 44.1 Å².